The molecule has 0 saturated carbocycles. The Morgan fingerprint density at radius 3 is 2.13 bits per heavy atom. The third kappa shape index (κ3) is 9.64. The van der Waals surface area contributed by atoms with E-state index in [1.165, 1.54) is 0 Å². The molecule has 0 radical (unpaired) electrons. The van der Waals surface area contributed by atoms with Gasteiger partial charge in [-0.1, -0.05) is 0 Å². The van der Waals surface area contributed by atoms with Crippen LogP contribution in [0.2, 0.25) is 0 Å². The van der Waals surface area contributed by atoms with Crippen LogP contribution in [-0.2, 0) is 18.8 Å². The summed E-state index contributed by atoms with van der Waals surface area (Å²) >= 11 is 0. The first-order valence-electron chi connectivity index (χ1n) is 3.39. The minimum absolute atomic E-state index is 0. The van der Waals surface area contributed by atoms with Crippen molar-refractivity contribution in [3.8, 4) is 0 Å². The fraction of sp³-hybridized carbons (Fsp3) is 0.600. The van der Waals surface area contributed by atoms with Crippen molar-refractivity contribution in [1.29, 1.82) is 0 Å². The summed E-state index contributed by atoms with van der Waals surface area (Å²) in [5.74, 6) is -2.76. The fourth-order valence-electron chi connectivity index (χ4n) is 0.637. The molecule has 0 aromatic rings. The lowest BCUT2D eigenvalue weighted by molar-refractivity contribution is -0.146. The van der Waals surface area contributed by atoms with E-state index >= 15 is 0 Å². The van der Waals surface area contributed by atoms with Crippen molar-refractivity contribution in [2.24, 2.45) is 0 Å². The Morgan fingerprint density at radius 1 is 1.33 bits per heavy atom. The van der Waals surface area contributed by atoms with Crippen LogP contribution in [0.5, 0.6) is 0 Å². The number of halogens is 1. The van der Waals surface area contributed by atoms with Crippen molar-refractivity contribution in [3.63, 3.8) is 0 Å². The summed E-state index contributed by atoms with van der Waals surface area (Å²) < 4.78 is 15.2. The molecule has 1 atom stereocenters. The largest absolute Gasteiger partial charge is 0.481 e. The van der Waals surface area contributed by atoms with E-state index in [-0.39, 0.29) is 12.4 Å². The van der Waals surface area contributed by atoms with Crippen LogP contribution in [0.15, 0.2) is 0 Å². The van der Waals surface area contributed by atoms with Gasteiger partial charge < -0.3 is 15.1 Å². The zero-order valence-electron chi connectivity index (χ0n) is 7.69. The van der Waals surface area contributed by atoms with Crippen LogP contribution in [0.3, 0.4) is 0 Å². The van der Waals surface area contributed by atoms with E-state index in [0.29, 0.717) is 5.06 Å². The Balaban J connectivity index is 0. The molecule has 0 rings (SSSR count). The van der Waals surface area contributed by atoms with Crippen LogP contribution in [0.1, 0.15) is 0 Å². The second-order valence-corrected chi connectivity index (χ2v) is 4.21. The zero-order chi connectivity index (χ0) is 11.4. The summed E-state index contributed by atoms with van der Waals surface area (Å²) in [4.78, 5) is 29.1. The Hall–Kier alpha value is -0.660. The molecule has 10 heteroatoms. The third-order valence-corrected chi connectivity index (χ3v) is 2.16. The van der Waals surface area contributed by atoms with Crippen molar-refractivity contribution < 1.29 is 33.9 Å². The number of likely N-dealkylation sites (N-methyl/N-ethyl adjacent to an activating group) is 1. The van der Waals surface area contributed by atoms with Gasteiger partial charge in [-0.15, -0.1) is 12.4 Å². The van der Waals surface area contributed by atoms with Gasteiger partial charge >= 0.3 is 19.5 Å². The van der Waals surface area contributed by atoms with Crippen LogP contribution in [0.4, 0.5) is 0 Å². The minimum atomic E-state index is -4.30. The van der Waals surface area contributed by atoms with Crippen molar-refractivity contribution in [2.75, 3.05) is 19.8 Å². The number of hydroxylamine groups is 2. The molecule has 0 fully saturated rings. The smallest absolute Gasteiger partial charge is 0.355 e. The molecular weight excluding hydrogens is 252 g/mol. The molecule has 0 heterocycles. The lowest BCUT2D eigenvalue weighted by Crippen LogP contribution is -2.25. The highest BCUT2D eigenvalue weighted by Crippen LogP contribution is 2.41. The molecule has 0 spiro atoms. The molecule has 3 N–H and O–H groups in total. The Morgan fingerprint density at radius 2 is 1.80 bits per heavy atom. The summed E-state index contributed by atoms with van der Waals surface area (Å²) in [6.07, 6.45) is -1.07. The average molecular weight is 264 g/mol. The van der Waals surface area contributed by atoms with Gasteiger partial charge in [0, 0.05) is 7.05 Å². The van der Waals surface area contributed by atoms with Crippen LogP contribution in [0, 0.1) is 0 Å². The van der Waals surface area contributed by atoms with Crippen LogP contribution in [0.25, 0.3) is 0 Å². The van der Waals surface area contributed by atoms with Gasteiger partial charge in [-0.2, -0.15) is 5.06 Å². The predicted octanol–water partition coefficient (Wildman–Crippen LogP) is -0.374. The standard InChI is InChI=1S/C5H10NO7P.ClH/c1-6(2-4(7)8)13-14(11,12)3-5(9)10;/h2-3H2,1H3,(H,7,8)(H,9,10)(H,11,12);1H. The van der Waals surface area contributed by atoms with Gasteiger partial charge in [-0.05, 0) is 0 Å². The average Bonchev–Trinajstić information content (AvgIpc) is 1.77. The number of carboxylic acid groups (broad SMARTS) is 2. The predicted molar refractivity (Wildman–Crippen MR) is 50.9 cm³/mol. The highest BCUT2D eigenvalue weighted by atomic mass is 35.5. The van der Waals surface area contributed by atoms with E-state index in [9.17, 15) is 14.2 Å². The van der Waals surface area contributed by atoms with Crippen LogP contribution in [-0.4, -0.2) is 51.9 Å². The number of aliphatic carboxylic acids is 2. The molecule has 0 aliphatic carbocycles. The number of carbonyl (C=O) groups is 2. The highest BCUT2D eigenvalue weighted by Gasteiger charge is 2.26. The van der Waals surface area contributed by atoms with Gasteiger partial charge in [-0.3, -0.25) is 14.2 Å². The maximum Gasteiger partial charge on any atom is 0.355 e. The molecule has 90 valence electrons. The Labute approximate surface area is 91.3 Å². The van der Waals surface area contributed by atoms with E-state index in [4.69, 9.17) is 15.1 Å². The molecule has 0 amide bonds. The van der Waals surface area contributed by atoms with Gasteiger partial charge in [-0.25, -0.2) is 4.62 Å². The van der Waals surface area contributed by atoms with Gasteiger partial charge in [0.05, 0.1) is 0 Å². The van der Waals surface area contributed by atoms with Gasteiger partial charge in [0.1, 0.15) is 12.7 Å². The topological polar surface area (TPSA) is 124 Å². The highest BCUT2D eigenvalue weighted by molar-refractivity contribution is 7.53. The molecule has 0 bridgehead atoms. The first-order chi connectivity index (χ1) is 6.23. The molecule has 15 heavy (non-hydrogen) atoms. The van der Waals surface area contributed by atoms with E-state index in [1.807, 2.05) is 0 Å². The zero-order valence-corrected chi connectivity index (χ0v) is 9.40. The summed E-state index contributed by atoms with van der Waals surface area (Å²) in [7, 11) is -3.19. The van der Waals surface area contributed by atoms with Gasteiger partial charge in [0.15, 0.2) is 0 Å². The maximum atomic E-state index is 10.9. The molecule has 0 aliphatic rings. The van der Waals surface area contributed by atoms with Gasteiger partial charge in [0.2, 0.25) is 0 Å². The lowest BCUT2D eigenvalue weighted by atomic mass is 10.7. The molecular formula is C5H11ClNO7P. The number of nitrogens with zero attached hydrogens (tertiary/aromatic N) is 1. The normalized spacial score (nSPS) is 14.1. The summed E-state index contributed by atoms with van der Waals surface area (Å²) in [6, 6.07) is 0. The quantitative estimate of drug-likeness (QED) is 0.438. The van der Waals surface area contributed by atoms with Crippen molar-refractivity contribution in [1.82, 2.24) is 5.06 Å². The third-order valence-electron chi connectivity index (χ3n) is 0.960. The number of carboxylic acids is 2. The molecule has 8 nitrogen and oxygen atoms in total. The SMILES string of the molecule is CN(CC(=O)O)OP(=O)(O)CC(=O)O.Cl. The van der Waals surface area contributed by atoms with Crippen LogP contribution < -0.4 is 0 Å². The van der Waals surface area contributed by atoms with Crippen molar-refractivity contribution >= 4 is 31.9 Å². The Kier molecular flexibility index (Phi) is 7.55. The minimum Gasteiger partial charge on any atom is -0.481 e. The number of hydrogen-bond acceptors (Lipinski definition) is 5. The monoisotopic (exact) mass is 263 g/mol. The first-order valence-corrected chi connectivity index (χ1v) is 5.15. The molecule has 0 aromatic heterocycles. The van der Waals surface area contributed by atoms with E-state index in [1.54, 1.807) is 0 Å². The summed E-state index contributed by atoms with van der Waals surface area (Å²) in [5.41, 5.74) is 0. The first kappa shape index (κ1) is 16.8. The summed E-state index contributed by atoms with van der Waals surface area (Å²) in [5, 5.41) is 17.0. The fourth-order valence-corrected chi connectivity index (χ4v) is 1.53. The van der Waals surface area contributed by atoms with E-state index in [0.717, 1.165) is 7.05 Å². The van der Waals surface area contributed by atoms with Crippen molar-refractivity contribution in [3.05, 3.63) is 0 Å². The summed E-state index contributed by atoms with van der Waals surface area (Å²) in [6.45, 7) is -0.621. The second-order valence-electron chi connectivity index (χ2n) is 2.45. The molecule has 0 saturated heterocycles. The van der Waals surface area contributed by atoms with E-state index < -0.39 is 32.2 Å². The van der Waals surface area contributed by atoms with Crippen molar-refractivity contribution in [2.45, 2.75) is 0 Å². The molecule has 0 aliphatic heterocycles. The maximum absolute atomic E-state index is 10.9. The molecule has 1 unspecified atom stereocenters. The van der Waals surface area contributed by atoms with E-state index in [2.05, 4.69) is 4.62 Å². The van der Waals surface area contributed by atoms with Gasteiger partial charge in [0.25, 0.3) is 0 Å². The van der Waals surface area contributed by atoms with Crippen LogP contribution >= 0.6 is 20.0 Å². The number of rotatable bonds is 6. The lowest BCUT2D eigenvalue weighted by Gasteiger charge is -2.16. The Bertz CT molecular complexity index is 283. The second kappa shape index (κ2) is 6.76. The number of hydrogen-bond donors (Lipinski definition) is 3. The molecule has 0 aromatic carbocycles.